The van der Waals surface area contributed by atoms with Crippen molar-refractivity contribution in [1.82, 2.24) is 9.88 Å². The highest BCUT2D eigenvalue weighted by Gasteiger charge is 2.53. The predicted molar refractivity (Wildman–Crippen MR) is 105 cm³/mol. The number of carbonyl (C=O) groups excluding carboxylic acids is 1. The van der Waals surface area contributed by atoms with Gasteiger partial charge in [-0.3, -0.25) is 4.79 Å². The fourth-order valence-corrected chi connectivity index (χ4v) is 6.45. The van der Waals surface area contributed by atoms with E-state index in [0.29, 0.717) is 11.7 Å². The molecule has 1 aromatic rings. The molecular formula is C20H29N3O2S. The number of rotatable bonds is 3. The number of aromatic nitrogens is 1. The molecular weight excluding hydrogens is 346 g/mol. The number of hydrogen-bond donors (Lipinski definition) is 2. The van der Waals surface area contributed by atoms with Crippen LogP contribution in [0.25, 0.3) is 0 Å². The molecule has 3 N–H and O–H groups in total. The lowest BCUT2D eigenvalue weighted by Crippen LogP contribution is -2.53. The number of nitrogens with zero attached hydrogens (tertiary/aromatic N) is 2. The number of terminal acetylenes is 1. The standard InChI is InChI=1S/C20H29N3O2S/c1-6-9-23(5)18(25)11(2)13-7-8-20(4)10-14-16(22-19(21)26-14)12(3)15(20)17(13)24/h1,11-13,15,17,24H,7-10H2,2-5H3,(H2,21,22)/t11-,12-,13+,15+,17-,20+/m0/s1. The Balaban J connectivity index is 1.86. The molecule has 6 heteroatoms. The number of fused-ring (bicyclic) bond motifs is 2. The Morgan fingerprint density at radius 3 is 2.96 bits per heavy atom. The number of hydrogen-bond acceptors (Lipinski definition) is 5. The number of aliphatic hydroxyl groups excluding tert-OH is 1. The lowest BCUT2D eigenvalue weighted by atomic mass is 9.53. The Hall–Kier alpha value is -1.58. The molecule has 6 atom stereocenters. The van der Waals surface area contributed by atoms with Crippen molar-refractivity contribution < 1.29 is 9.90 Å². The second-order valence-electron chi connectivity index (χ2n) is 8.39. The maximum Gasteiger partial charge on any atom is 0.226 e. The molecule has 0 aromatic carbocycles. The third-order valence-corrected chi connectivity index (χ3v) is 7.58. The zero-order valence-corrected chi connectivity index (χ0v) is 16.8. The van der Waals surface area contributed by atoms with Crippen LogP contribution in [-0.4, -0.2) is 40.6 Å². The SMILES string of the molecule is C#CCN(C)C(=O)[C@@H](C)[C@H]1CC[C@]2(C)Cc3sc(N)nc3[C@@H](C)[C@@H]2[C@H]1O. The van der Waals surface area contributed by atoms with E-state index in [1.807, 2.05) is 6.92 Å². The van der Waals surface area contributed by atoms with Crippen LogP contribution >= 0.6 is 11.3 Å². The molecule has 2 aliphatic rings. The number of aliphatic hydroxyl groups is 1. The second kappa shape index (κ2) is 6.86. The summed E-state index contributed by atoms with van der Waals surface area (Å²) < 4.78 is 0. The van der Waals surface area contributed by atoms with Gasteiger partial charge in [-0.15, -0.1) is 17.8 Å². The van der Waals surface area contributed by atoms with Gasteiger partial charge in [-0.1, -0.05) is 26.7 Å². The van der Waals surface area contributed by atoms with Crippen LogP contribution in [0.4, 0.5) is 5.13 Å². The van der Waals surface area contributed by atoms with Gasteiger partial charge in [0, 0.05) is 23.8 Å². The summed E-state index contributed by atoms with van der Waals surface area (Å²) in [5.74, 6) is 2.45. The maximum atomic E-state index is 12.7. The van der Waals surface area contributed by atoms with Crippen molar-refractivity contribution in [1.29, 1.82) is 0 Å². The molecule has 1 heterocycles. The van der Waals surface area contributed by atoms with E-state index in [1.165, 1.54) is 4.88 Å². The molecule has 0 saturated heterocycles. The van der Waals surface area contributed by atoms with Crippen LogP contribution in [-0.2, 0) is 11.2 Å². The summed E-state index contributed by atoms with van der Waals surface area (Å²) in [5, 5.41) is 11.9. The summed E-state index contributed by atoms with van der Waals surface area (Å²) in [6.07, 6.45) is 7.56. The Labute approximate surface area is 160 Å². The van der Waals surface area contributed by atoms with E-state index in [1.54, 1.807) is 23.3 Å². The van der Waals surface area contributed by atoms with Crippen molar-refractivity contribution >= 4 is 22.4 Å². The molecule has 2 aliphatic carbocycles. The van der Waals surface area contributed by atoms with E-state index in [0.717, 1.165) is 25.0 Å². The third-order valence-electron chi connectivity index (χ3n) is 6.68. The van der Waals surface area contributed by atoms with Crippen LogP contribution in [0.15, 0.2) is 0 Å². The highest BCUT2D eigenvalue weighted by Crippen LogP contribution is 2.57. The topological polar surface area (TPSA) is 79.5 Å². The molecule has 0 unspecified atom stereocenters. The minimum absolute atomic E-state index is 0.0117. The van der Waals surface area contributed by atoms with E-state index < -0.39 is 6.10 Å². The minimum atomic E-state index is -0.530. The number of nitrogens with two attached hydrogens (primary N) is 1. The van der Waals surface area contributed by atoms with Crippen molar-refractivity contribution in [2.45, 2.75) is 52.1 Å². The summed E-state index contributed by atoms with van der Waals surface area (Å²) in [7, 11) is 1.73. The molecule has 0 bridgehead atoms. The van der Waals surface area contributed by atoms with Crippen LogP contribution in [0, 0.1) is 35.5 Å². The smallest absolute Gasteiger partial charge is 0.226 e. The van der Waals surface area contributed by atoms with Gasteiger partial charge in [0.1, 0.15) is 0 Å². The molecule has 0 aliphatic heterocycles. The van der Waals surface area contributed by atoms with Crippen molar-refractivity contribution in [2.24, 2.45) is 23.2 Å². The van der Waals surface area contributed by atoms with Gasteiger partial charge in [0.25, 0.3) is 0 Å². The second-order valence-corrected chi connectivity index (χ2v) is 9.50. The van der Waals surface area contributed by atoms with Gasteiger partial charge >= 0.3 is 0 Å². The predicted octanol–water partition coefficient (Wildman–Crippen LogP) is 2.51. The average molecular weight is 376 g/mol. The van der Waals surface area contributed by atoms with Crippen LogP contribution in [0.3, 0.4) is 0 Å². The summed E-state index contributed by atoms with van der Waals surface area (Å²) in [6, 6.07) is 0. The molecule has 1 aromatic heterocycles. The molecule has 5 nitrogen and oxygen atoms in total. The molecule has 26 heavy (non-hydrogen) atoms. The fraction of sp³-hybridized carbons (Fsp3) is 0.700. The first-order valence-electron chi connectivity index (χ1n) is 9.31. The maximum absolute atomic E-state index is 12.7. The Kier molecular flexibility index (Phi) is 5.06. The van der Waals surface area contributed by atoms with Crippen molar-refractivity contribution in [2.75, 3.05) is 19.3 Å². The van der Waals surface area contributed by atoms with E-state index in [4.69, 9.17) is 12.2 Å². The van der Waals surface area contributed by atoms with Gasteiger partial charge < -0.3 is 15.7 Å². The van der Waals surface area contributed by atoms with Gasteiger partial charge in [-0.05, 0) is 36.5 Å². The fourth-order valence-electron chi connectivity index (χ4n) is 5.31. The van der Waals surface area contributed by atoms with Crippen molar-refractivity contribution in [3.63, 3.8) is 0 Å². The normalized spacial score (nSPS) is 34.3. The van der Waals surface area contributed by atoms with E-state index >= 15 is 0 Å². The van der Waals surface area contributed by atoms with Crippen LogP contribution in [0.2, 0.25) is 0 Å². The molecule has 1 amide bonds. The summed E-state index contributed by atoms with van der Waals surface area (Å²) in [4.78, 5) is 20.1. The Bertz CT molecular complexity index is 740. The molecule has 142 valence electrons. The highest BCUT2D eigenvalue weighted by atomic mass is 32.1. The average Bonchev–Trinajstić information content (AvgIpc) is 2.93. The largest absolute Gasteiger partial charge is 0.392 e. The summed E-state index contributed by atoms with van der Waals surface area (Å²) in [6.45, 7) is 6.63. The number of anilines is 1. The Morgan fingerprint density at radius 2 is 2.31 bits per heavy atom. The number of nitrogen functional groups attached to an aromatic ring is 1. The van der Waals surface area contributed by atoms with Crippen LogP contribution in [0.5, 0.6) is 0 Å². The van der Waals surface area contributed by atoms with Gasteiger partial charge in [0.15, 0.2) is 5.13 Å². The third kappa shape index (κ3) is 3.01. The first-order chi connectivity index (χ1) is 12.2. The molecule has 1 fully saturated rings. The first-order valence-corrected chi connectivity index (χ1v) is 10.1. The zero-order valence-electron chi connectivity index (χ0n) is 16.0. The molecule has 0 radical (unpaired) electrons. The number of thiazole rings is 1. The molecule has 3 rings (SSSR count). The van der Waals surface area contributed by atoms with E-state index in [2.05, 4.69) is 24.8 Å². The highest BCUT2D eigenvalue weighted by molar-refractivity contribution is 7.15. The quantitative estimate of drug-likeness (QED) is 0.796. The van der Waals surface area contributed by atoms with Crippen LogP contribution in [0.1, 0.15) is 50.1 Å². The van der Waals surface area contributed by atoms with E-state index in [9.17, 15) is 9.90 Å². The molecule has 0 spiro atoms. The van der Waals surface area contributed by atoms with Gasteiger partial charge in [-0.25, -0.2) is 4.98 Å². The van der Waals surface area contributed by atoms with Gasteiger partial charge in [0.2, 0.25) is 5.91 Å². The monoisotopic (exact) mass is 375 g/mol. The van der Waals surface area contributed by atoms with Gasteiger partial charge in [0.05, 0.1) is 18.3 Å². The Morgan fingerprint density at radius 1 is 1.62 bits per heavy atom. The lowest BCUT2D eigenvalue weighted by Gasteiger charge is -2.53. The first kappa shape index (κ1) is 19.2. The van der Waals surface area contributed by atoms with Crippen LogP contribution < -0.4 is 5.73 Å². The molecule has 1 saturated carbocycles. The zero-order chi connectivity index (χ0) is 19.2. The summed E-state index contributed by atoms with van der Waals surface area (Å²) in [5.41, 5.74) is 7.01. The number of amides is 1. The lowest BCUT2D eigenvalue weighted by molar-refractivity contribution is -0.142. The number of carbonyl (C=O) groups is 1. The van der Waals surface area contributed by atoms with E-state index in [-0.39, 0.29) is 35.0 Å². The van der Waals surface area contributed by atoms with Crippen molar-refractivity contribution in [3.05, 3.63) is 10.6 Å². The minimum Gasteiger partial charge on any atom is -0.392 e. The summed E-state index contributed by atoms with van der Waals surface area (Å²) >= 11 is 1.58. The van der Waals surface area contributed by atoms with Crippen molar-refractivity contribution in [3.8, 4) is 12.3 Å². The van der Waals surface area contributed by atoms with Gasteiger partial charge in [-0.2, -0.15) is 0 Å².